The van der Waals surface area contributed by atoms with Gasteiger partial charge in [-0.1, -0.05) is 25.1 Å². The van der Waals surface area contributed by atoms with Crippen molar-refractivity contribution in [2.45, 2.75) is 45.9 Å². The third-order valence-corrected chi connectivity index (χ3v) is 5.10. The Hall–Kier alpha value is -1.72. The lowest BCUT2D eigenvalue weighted by atomic mass is 9.57. The maximum atomic E-state index is 5.28. The van der Waals surface area contributed by atoms with Gasteiger partial charge in [-0.15, -0.1) is 0 Å². The first-order valence-electron chi connectivity index (χ1n) is 8.15. The van der Waals surface area contributed by atoms with Gasteiger partial charge in [-0.2, -0.15) is 0 Å². The molecule has 0 saturated heterocycles. The average molecular weight is 315 g/mol. The zero-order valence-corrected chi connectivity index (χ0v) is 14.1. The summed E-state index contributed by atoms with van der Waals surface area (Å²) in [5, 5.41) is 7.82. The molecule has 1 N–H and O–H groups in total. The van der Waals surface area contributed by atoms with Crippen LogP contribution < -0.4 is 5.32 Å². The molecule has 1 fully saturated rings. The first-order chi connectivity index (χ1) is 11.1. The van der Waals surface area contributed by atoms with E-state index < -0.39 is 0 Å². The van der Waals surface area contributed by atoms with Crippen LogP contribution in [-0.2, 0) is 24.3 Å². The highest BCUT2D eigenvalue weighted by molar-refractivity contribution is 5.13. The second kappa shape index (κ2) is 6.81. The maximum absolute atomic E-state index is 5.28. The Morgan fingerprint density at radius 2 is 2.30 bits per heavy atom. The molecule has 0 spiro atoms. The van der Waals surface area contributed by atoms with Gasteiger partial charge in [0.25, 0.3) is 0 Å². The second-order valence-electron chi connectivity index (χ2n) is 6.97. The van der Waals surface area contributed by atoms with Gasteiger partial charge in [-0.05, 0) is 35.8 Å². The van der Waals surface area contributed by atoms with E-state index in [1.165, 1.54) is 12.0 Å². The van der Waals surface area contributed by atoms with Crippen LogP contribution in [0.4, 0.5) is 0 Å². The Bertz CT molecular complexity index is 624. The standard InChI is InChI=1S/C18H25N3O2/c1-18(2)14(7-15-9-16(12-22-3)23-21-15)8-17(18)20-11-13-5-4-6-19-10-13/h4-6,9-10,14,17,20H,7-8,11-12H2,1-3H3/t14-,17+/m1/s1. The van der Waals surface area contributed by atoms with Crippen molar-refractivity contribution in [2.24, 2.45) is 11.3 Å². The van der Waals surface area contributed by atoms with Crippen molar-refractivity contribution in [2.75, 3.05) is 7.11 Å². The van der Waals surface area contributed by atoms with Crippen molar-refractivity contribution in [3.8, 4) is 0 Å². The molecule has 3 rings (SSSR count). The normalized spacial score (nSPS) is 22.7. The first-order valence-corrected chi connectivity index (χ1v) is 8.15. The lowest BCUT2D eigenvalue weighted by Crippen LogP contribution is -2.57. The van der Waals surface area contributed by atoms with E-state index in [2.05, 4.69) is 35.4 Å². The van der Waals surface area contributed by atoms with Crippen LogP contribution >= 0.6 is 0 Å². The van der Waals surface area contributed by atoms with Crippen molar-refractivity contribution in [1.82, 2.24) is 15.5 Å². The first kappa shape index (κ1) is 16.1. The van der Waals surface area contributed by atoms with Gasteiger partial charge >= 0.3 is 0 Å². The molecule has 23 heavy (non-hydrogen) atoms. The van der Waals surface area contributed by atoms with Gasteiger partial charge in [-0.25, -0.2) is 0 Å². The Morgan fingerprint density at radius 3 is 3.00 bits per heavy atom. The molecule has 2 atom stereocenters. The maximum Gasteiger partial charge on any atom is 0.162 e. The topological polar surface area (TPSA) is 60.2 Å². The van der Waals surface area contributed by atoms with Crippen LogP contribution in [0.25, 0.3) is 0 Å². The Balaban J connectivity index is 1.51. The van der Waals surface area contributed by atoms with Crippen LogP contribution in [0.5, 0.6) is 0 Å². The average Bonchev–Trinajstić information content (AvgIpc) is 2.99. The predicted molar refractivity (Wildman–Crippen MR) is 87.7 cm³/mol. The van der Waals surface area contributed by atoms with Crippen molar-refractivity contribution in [3.63, 3.8) is 0 Å². The van der Waals surface area contributed by atoms with Gasteiger partial charge in [0.15, 0.2) is 5.76 Å². The molecule has 1 aliphatic rings. The van der Waals surface area contributed by atoms with Crippen molar-refractivity contribution >= 4 is 0 Å². The minimum Gasteiger partial charge on any atom is -0.377 e. The monoisotopic (exact) mass is 315 g/mol. The fourth-order valence-corrected chi connectivity index (χ4v) is 3.37. The largest absolute Gasteiger partial charge is 0.377 e. The molecule has 0 radical (unpaired) electrons. The van der Waals surface area contributed by atoms with E-state index in [1.807, 2.05) is 24.5 Å². The summed E-state index contributed by atoms with van der Waals surface area (Å²) in [4.78, 5) is 4.16. The number of nitrogens with zero attached hydrogens (tertiary/aromatic N) is 2. The molecule has 124 valence electrons. The van der Waals surface area contributed by atoms with Gasteiger partial charge < -0.3 is 14.6 Å². The number of aromatic nitrogens is 2. The molecule has 0 bridgehead atoms. The van der Waals surface area contributed by atoms with Crippen molar-refractivity contribution < 1.29 is 9.26 Å². The van der Waals surface area contributed by atoms with Gasteiger partial charge in [0.2, 0.25) is 0 Å². The molecule has 0 aromatic carbocycles. The Labute approximate surface area is 137 Å². The molecule has 1 saturated carbocycles. The van der Waals surface area contributed by atoms with E-state index >= 15 is 0 Å². The minimum atomic E-state index is 0.253. The quantitative estimate of drug-likeness (QED) is 0.851. The Morgan fingerprint density at radius 1 is 1.43 bits per heavy atom. The molecule has 0 unspecified atom stereocenters. The summed E-state index contributed by atoms with van der Waals surface area (Å²) in [6, 6.07) is 6.62. The number of methoxy groups -OCH3 is 1. The number of nitrogens with one attached hydrogen (secondary N) is 1. The highest BCUT2D eigenvalue weighted by Gasteiger charge is 2.47. The van der Waals surface area contributed by atoms with E-state index in [9.17, 15) is 0 Å². The van der Waals surface area contributed by atoms with Gasteiger partial charge in [0.05, 0.1) is 5.69 Å². The smallest absolute Gasteiger partial charge is 0.162 e. The number of rotatable bonds is 7. The number of pyridine rings is 1. The SMILES string of the molecule is COCc1cc(C[C@@H]2C[C@H](NCc3cccnc3)C2(C)C)no1. The summed E-state index contributed by atoms with van der Waals surface area (Å²) in [6.07, 6.45) is 5.86. The van der Waals surface area contributed by atoms with Crippen molar-refractivity contribution in [3.05, 3.63) is 47.6 Å². The Kier molecular flexibility index (Phi) is 4.78. The number of ether oxygens (including phenoxy) is 1. The van der Waals surface area contributed by atoms with Crippen molar-refractivity contribution in [1.29, 1.82) is 0 Å². The third-order valence-electron chi connectivity index (χ3n) is 5.10. The van der Waals surface area contributed by atoms with Crippen LogP contribution in [-0.4, -0.2) is 23.3 Å². The van der Waals surface area contributed by atoms with Crippen LogP contribution in [0.2, 0.25) is 0 Å². The number of hydrogen-bond donors (Lipinski definition) is 1. The summed E-state index contributed by atoms with van der Waals surface area (Å²) < 4.78 is 10.3. The molecule has 1 aliphatic carbocycles. The fraction of sp³-hybridized carbons (Fsp3) is 0.556. The molecular formula is C18H25N3O2. The predicted octanol–water partition coefficient (Wildman–Crippen LogP) is 2.96. The summed E-state index contributed by atoms with van der Waals surface area (Å²) in [7, 11) is 1.66. The van der Waals surface area contributed by atoms with Crippen LogP contribution in [0.15, 0.2) is 35.1 Å². The lowest BCUT2D eigenvalue weighted by molar-refractivity contribution is 0.0124. The zero-order valence-electron chi connectivity index (χ0n) is 14.1. The molecule has 2 aromatic heterocycles. The van der Waals surface area contributed by atoms with E-state index in [1.54, 1.807) is 7.11 Å². The van der Waals surface area contributed by atoms with Gasteiger partial charge in [0, 0.05) is 38.2 Å². The third kappa shape index (κ3) is 3.62. The van der Waals surface area contributed by atoms with Crippen LogP contribution in [0, 0.1) is 11.3 Å². The van der Waals surface area contributed by atoms with E-state index in [0.717, 1.165) is 24.4 Å². The molecule has 0 amide bonds. The van der Waals surface area contributed by atoms with Crippen LogP contribution in [0.1, 0.15) is 37.3 Å². The summed E-state index contributed by atoms with van der Waals surface area (Å²) in [5.41, 5.74) is 2.51. The second-order valence-corrected chi connectivity index (χ2v) is 6.97. The highest BCUT2D eigenvalue weighted by Crippen LogP contribution is 2.47. The molecule has 2 heterocycles. The molecule has 2 aromatic rings. The molecular weight excluding hydrogens is 290 g/mol. The molecule has 5 nitrogen and oxygen atoms in total. The number of hydrogen-bond acceptors (Lipinski definition) is 5. The van der Waals surface area contributed by atoms with E-state index in [4.69, 9.17) is 9.26 Å². The fourth-order valence-electron chi connectivity index (χ4n) is 3.37. The lowest BCUT2D eigenvalue weighted by Gasteiger charge is -2.52. The van der Waals surface area contributed by atoms with Gasteiger partial charge in [0.1, 0.15) is 6.61 Å². The van der Waals surface area contributed by atoms with Crippen LogP contribution in [0.3, 0.4) is 0 Å². The van der Waals surface area contributed by atoms with E-state index in [0.29, 0.717) is 18.6 Å². The summed E-state index contributed by atoms with van der Waals surface area (Å²) >= 11 is 0. The molecule has 5 heteroatoms. The zero-order chi connectivity index (χ0) is 16.3. The minimum absolute atomic E-state index is 0.253. The van der Waals surface area contributed by atoms with Gasteiger partial charge in [-0.3, -0.25) is 4.98 Å². The highest BCUT2D eigenvalue weighted by atomic mass is 16.5. The van der Waals surface area contributed by atoms with E-state index in [-0.39, 0.29) is 5.41 Å². The molecule has 0 aliphatic heterocycles. The summed E-state index contributed by atoms with van der Waals surface area (Å²) in [5.74, 6) is 1.42. The summed E-state index contributed by atoms with van der Waals surface area (Å²) in [6.45, 7) is 6.02.